The van der Waals surface area contributed by atoms with Gasteiger partial charge in [0.2, 0.25) is 0 Å². The second-order valence-corrected chi connectivity index (χ2v) is 6.13. The highest BCUT2D eigenvalue weighted by atomic mass is 35.5. The molecule has 0 unspecified atom stereocenters. The Bertz CT molecular complexity index is 823. The lowest BCUT2D eigenvalue weighted by molar-refractivity contribution is -0.385. The largest absolute Gasteiger partial charge is 0.312 e. The minimum absolute atomic E-state index is 0.148. The summed E-state index contributed by atoms with van der Waals surface area (Å²) in [5, 5.41) is 23.3. The van der Waals surface area contributed by atoms with E-state index >= 15 is 0 Å². The lowest BCUT2D eigenvalue weighted by Gasteiger charge is -2.05. The zero-order chi connectivity index (χ0) is 16.4. The first-order valence-electron chi connectivity index (χ1n) is 6.10. The number of hydrogen-bond donors (Lipinski definition) is 1. The topological polar surface area (TPSA) is 96.0 Å². The number of nitriles is 1. The lowest BCUT2D eigenvalue weighted by Crippen LogP contribution is -2.14. The molecule has 6 nitrogen and oxygen atoms in total. The van der Waals surface area contributed by atoms with Gasteiger partial charge in [0.1, 0.15) is 16.6 Å². The zero-order valence-corrected chi connectivity index (χ0v) is 13.2. The molecule has 22 heavy (non-hydrogen) atoms. The van der Waals surface area contributed by atoms with Crippen molar-refractivity contribution in [1.82, 2.24) is 0 Å². The average molecular weight is 336 g/mol. The Balaban J connectivity index is 2.43. The smallest absolute Gasteiger partial charge is 0.282 e. The molecule has 0 saturated carbocycles. The van der Waals surface area contributed by atoms with E-state index in [0.29, 0.717) is 10.6 Å². The molecule has 1 N–H and O–H groups in total. The van der Waals surface area contributed by atoms with Crippen LogP contribution in [0.5, 0.6) is 0 Å². The normalized spacial score (nSPS) is 10.1. The molecule has 1 amide bonds. The minimum Gasteiger partial charge on any atom is -0.312 e. The van der Waals surface area contributed by atoms with Crippen molar-refractivity contribution in [1.29, 1.82) is 5.26 Å². The molecule has 2 aromatic rings. The average Bonchev–Trinajstić information content (AvgIpc) is 2.72. The number of amides is 1. The number of carbonyl (C=O) groups excluding carboxylic acids is 1. The Hall–Kier alpha value is -2.43. The molecule has 0 bridgehead atoms. The van der Waals surface area contributed by atoms with E-state index in [4.69, 9.17) is 16.9 Å². The maximum absolute atomic E-state index is 12.3. The van der Waals surface area contributed by atoms with Gasteiger partial charge in [-0.05, 0) is 31.5 Å². The van der Waals surface area contributed by atoms with E-state index in [1.807, 2.05) is 13.0 Å². The standard InChI is InChI=1S/C14H10ClN3O3S/c1-7-8(2)22-14(11(7)6-16)17-13(19)10-5-9(15)3-4-12(10)18(20)21/h3-5H,1-2H3,(H,17,19). The first kappa shape index (κ1) is 15.9. The zero-order valence-electron chi connectivity index (χ0n) is 11.6. The summed E-state index contributed by atoms with van der Waals surface area (Å²) < 4.78 is 0. The maximum atomic E-state index is 12.3. The second-order valence-electron chi connectivity index (χ2n) is 4.47. The summed E-state index contributed by atoms with van der Waals surface area (Å²) in [6, 6.07) is 5.77. The molecule has 0 aliphatic carbocycles. The summed E-state index contributed by atoms with van der Waals surface area (Å²) in [4.78, 5) is 23.6. The van der Waals surface area contributed by atoms with Gasteiger partial charge < -0.3 is 5.32 Å². The maximum Gasteiger partial charge on any atom is 0.282 e. The molecule has 0 aliphatic heterocycles. The van der Waals surface area contributed by atoms with Crippen molar-refractivity contribution < 1.29 is 9.72 Å². The first-order valence-corrected chi connectivity index (χ1v) is 7.30. The fourth-order valence-electron chi connectivity index (χ4n) is 1.87. The third-order valence-electron chi connectivity index (χ3n) is 3.12. The number of nitrogens with zero attached hydrogens (tertiary/aromatic N) is 2. The van der Waals surface area contributed by atoms with Gasteiger partial charge in [0.25, 0.3) is 11.6 Å². The van der Waals surface area contributed by atoms with Crippen LogP contribution in [0.25, 0.3) is 0 Å². The number of thiophene rings is 1. The minimum atomic E-state index is -0.674. The predicted octanol–water partition coefficient (Wildman–Crippen LogP) is 4.05. The van der Waals surface area contributed by atoms with E-state index < -0.39 is 10.8 Å². The van der Waals surface area contributed by atoms with Crippen molar-refractivity contribution >= 4 is 39.5 Å². The van der Waals surface area contributed by atoms with Crippen LogP contribution in [0.2, 0.25) is 5.02 Å². The molecule has 2 rings (SSSR count). The summed E-state index contributed by atoms with van der Waals surface area (Å²) in [6.07, 6.45) is 0. The molecule has 112 valence electrons. The monoisotopic (exact) mass is 335 g/mol. The molecule has 0 fully saturated rings. The number of benzene rings is 1. The van der Waals surface area contributed by atoms with Crippen molar-refractivity contribution in [3.05, 3.63) is 54.9 Å². The number of aryl methyl sites for hydroxylation is 1. The third kappa shape index (κ3) is 2.93. The number of rotatable bonds is 3. The van der Waals surface area contributed by atoms with Gasteiger partial charge in [-0.1, -0.05) is 11.6 Å². The van der Waals surface area contributed by atoms with Gasteiger partial charge in [0.15, 0.2) is 0 Å². The van der Waals surface area contributed by atoms with Crippen LogP contribution in [0, 0.1) is 35.3 Å². The van der Waals surface area contributed by atoms with Gasteiger partial charge in [-0.2, -0.15) is 5.26 Å². The molecule has 8 heteroatoms. The molecule has 0 radical (unpaired) electrons. The molecular weight excluding hydrogens is 326 g/mol. The van der Waals surface area contributed by atoms with E-state index in [-0.39, 0.29) is 16.3 Å². The van der Waals surface area contributed by atoms with Crippen LogP contribution < -0.4 is 5.32 Å². The highest BCUT2D eigenvalue weighted by Crippen LogP contribution is 2.33. The van der Waals surface area contributed by atoms with E-state index in [9.17, 15) is 14.9 Å². The SMILES string of the molecule is Cc1sc(NC(=O)c2cc(Cl)ccc2[N+](=O)[O-])c(C#N)c1C. The Morgan fingerprint density at radius 2 is 2.14 bits per heavy atom. The molecule has 0 atom stereocenters. The molecule has 0 aliphatic rings. The summed E-state index contributed by atoms with van der Waals surface area (Å²) in [5.74, 6) is -0.674. The van der Waals surface area contributed by atoms with Crippen molar-refractivity contribution in [2.24, 2.45) is 0 Å². The molecule has 0 saturated heterocycles. The van der Waals surface area contributed by atoms with E-state index in [1.54, 1.807) is 6.92 Å². The number of nitro benzene ring substituents is 1. The first-order chi connectivity index (χ1) is 10.3. The van der Waals surface area contributed by atoms with Gasteiger partial charge in [0, 0.05) is 16.0 Å². The number of carbonyl (C=O) groups is 1. The number of anilines is 1. The fourth-order valence-corrected chi connectivity index (χ4v) is 3.05. The van der Waals surface area contributed by atoms with Gasteiger partial charge in [-0.25, -0.2) is 0 Å². The Kier molecular flexibility index (Phi) is 4.45. The molecule has 1 aromatic carbocycles. The van der Waals surface area contributed by atoms with Gasteiger partial charge in [-0.15, -0.1) is 11.3 Å². The van der Waals surface area contributed by atoms with Crippen LogP contribution in [0.15, 0.2) is 18.2 Å². The third-order valence-corrected chi connectivity index (χ3v) is 4.48. The lowest BCUT2D eigenvalue weighted by atomic mass is 10.1. The van der Waals surface area contributed by atoms with Crippen molar-refractivity contribution in [3.63, 3.8) is 0 Å². The molecular formula is C14H10ClN3O3S. The second kappa shape index (κ2) is 6.13. The fraction of sp³-hybridized carbons (Fsp3) is 0.143. The van der Waals surface area contributed by atoms with Crippen LogP contribution in [0.1, 0.15) is 26.4 Å². The van der Waals surface area contributed by atoms with Crippen LogP contribution in [0.4, 0.5) is 10.7 Å². The van der Waals surface area contributed by atoms with E-state index in [2.05, 4.69) is 5.32 Å². The number of nitro groups is 1. The summed E-state index contributed by atoms with van der Waals surface area (Å²) in [7, 11) is 0. The highest BCUT2D eigenvalue weighted by molar-refractivity contribution is 7.16. The van der Waals surface area contributed by atoms with Crippen LogP contribution in [-0.2, 0) is 0 Å². The molecule has 1 heterocycles. The molecule has 1 aromatic heterocycles. The predicted molar refractivity (Wildman–Crippen MR) is 84.6 cm³/mol. The quantitative estimate of drug-likeness (QED) is 0.676. The number of nitrogens with one attached hydrogen (secondary N) is 1. The Morgan fingerprint density at radius 1 is 1.45 bits per heavy atom. The van der Waals surface area contributed by atoms with Crippen LogP contribution >= 0.6 is 22.9 Å². The Labute approximate surface area is 135 Å². The summed E-state index contributed by atoms with van der Waals surface area (Å²) in [5.41, 5.74) is 0.652. The van der Waals surface area contributed by atoms with Gasteiger partial charge in [0.05, 0.1) is 10.5 Å². The highest BCUT2D eigenvalue weighted by Gasteiger charge is 2.22. The van der Waals surface area contributed by atoms with Crippen LogP contribution in [0.3, 0.4) is 0 Å². The Morgan fingerprint density at radius 3 is 2.73 bits per heavy atom. The van der Waals surface area contributed by atoms with Crippen molar-refractivity contribution in [3.8, 4) is 6.07 Å². The summed E-state index contributed by atoms with van der Waals surface area (Å²) >= 11 is 7.05. The van der Waals surface area contributed by atoms with E-state index in [1.165, 1.54) is 29.5 Å². The number of hydrogen-bond acceptors (Lipinski definition) is 5. The molecule has 0 spiro atoms. The van der Waals surface area contributed by atoms with Gasteiger partial charge >= 0.3 is 0 Å². The number of halogens is 1. The van der Waals surface area contributed by atoms with Crippen molar-refractivity contribution in [2.75, 3.05) is 5.32 Å². The van der Waals surface area contributed by atoms with Gasteiger partial charge in [-0.3, -0.25) is 14.9 Å². The van der Waals surface area contributed by atoms with Crippen molar-refractivity contribution in [2.45, 2.75) is 13.8 Å². The van der Waals surface area contributed by atoms with E-state index in [0.717, 1.165) is 10.4 Å². The van der Waals surface area contributed by atoms with Crippen LogP contribution in [-0.4, -0.2) is 10.8 Å². The summed E-state index contributed by atoms with van der Waals surface area (Å²) in [6.45, 7) is 3.61.